The minimum atomic E-state index is -3.62. The molecule has 1 atom stereocenters. The summed E-state index contributed by atoms with van der Waals surface area (Å²) >= 11 is 6.01. The molecular formula is C25H33ClFN3O4S. The van der Waals surface area contributed by atoms with Crippen molar-refractivity contribution in [2.24, 2.45) is 5.92 Å². The number of carbonyl (C=O) groups excluding carboxylic acids is 2. The van der Waals surface area contributed by atoms with E-state index in [9.17, 15) is 22.4 Å². The van der Waals surface area contributed by atoms with Crippen molar-refractivity contribution >= 4 is 39.1 Å². The molecule has 1 N–H and O–H groups in total. The Bertz CT molecular complexity index is 1130. The molecule has 0 spiro atoms. The molecule has 0 radical (unpaired) electrons. The molecule has 2 rings (SSSR count). The average molecular weight is 526 g/mol. The molecule has 192 valence electrons. The zero-order valence-electron chi connectivity index (χ0n) is 20.5. The Morgan fingerprint density at radius 3 is 2.37 bits per heavy atom. The smallest absolute Gasteiger partial charge is 0.242 e. The first-order chi connectivity index (χ1) is 16.4. The van der Waals surface area contributed by atoms with Gasteiger partial charge in [0.2, 0.25) is 21.8 Å². The SMILES string of the molecule is CC(C)CNC(=O)[C@@H](C)N(Cc1ccccc1F)C(=O)CCCN(c1cccc(Cl)c1)S(C)(=O)=O. The van der Waals surface area contributed by atoms with Crippen molar-refractivity contribution in [3.63, 3.8) is 0 Å². The number of hydrogen-bond donors (Lipinski definition) is 1. The first-order valence-corrected chi connectivity index (χ1v) is 13.7. The fraction of sp³-hybridized carbons (Fsp3) is 0.440. The Morgan fingerprint density at radius 1 is 1.09 bits per heavy atom. The molecule has 2 amide bonds. The molecule has 7 nitrogen and oxygen atoms in total. The van der Waals surface area contributed by atoms with Crippen LogP contribution in [0.15, 0.2) is 48.5 Å². The summed E-state index contributed by atoms with van der Waals surface area (Å²) in [6, 6.07) is 11.7. The highest BCUT2D eigenvalue weighted by Gasteiger charge is 2.27. The molecule has 35 heavy (non-hydrogen) atoms. The summed E-state index contributed by atoms with van der Waals surface area (Å²) in [5.74, 6) is -0.945. The lowest BCUT2D eigenvalue weighted by molar-refractivity contribution is -0.140. The van der Waals surface area contributed by atoms with E-state index in [1.54, 1.807) is 43.3 Å². The maximum absolute atomic E-state index is 14.3. The van der Waals surface area contributed by atoms with E-state index in [4.69, 9.17) is 11.6 Å². The van der Waals surface area contributed by atoms with E-state index in [2.05, 4.69) is 5.32 Å². The van der Waals surface area contributed by atoms with Crippen molar-refractivity contribution in [1.82, 2.24) is 10.2 Å². The minimum Gasteiger partial charge on any atom is -0.354 e. The van der Waals surface area contributed by atoms with E-state index < -0.39 is 21.9 Å². The van der Waals surface area contributed by atoms with E-state index in [1.165, 1.54) is 21.3 Å². The Balaban J connectivity index is 2.17. The lowest BCUT2D eigenvalue weighted by Gasteiger charge is -2.29. The van der Waals surface area contributed by atoms with Crippen molar-refractivity contribution in [1.29, 1.82) is 0 Å². The van der Waals surface area contributed by atoms with Gasteiger partial charge in [-0.1, -0.05) is 49.7 Å². The maximum atomic E-state index is 14.3. The highest BCUT2D eigenvalue weighted by Crippen LogP contribution is 2.23. The van der Waals surface area contributed by atoms with Crippen LogP contribution in [0.25, 0.3) is 0 Å². The van der Waals surface area contributed by atoms with Gasteiger partial charge in [-0.05, 0) is 43.5 Å². The summed E-state index contributed by atoms with van der Waals surface area (Å²) in [7, 11) is -3.62. The lowest BCUT2D eigenvalue weighted by Crippen LogP contribution is -2.48. The van der Waals surface area contributed by atoms with Gasteiger partial charge in [0.05, 0.1) is 11.9 Å². The van der Waals surface area contributed by atoms with Crippen LogP contribution in [-0.2, 0) is 26.2 Å². The standard InChI is InChI=1S/C25H33ClFN3O4S/c1-18(2)16-28-25(32)19(3)29(17-20-9-5-6-12-23(20)27)24(31)13-8-14-30(35(4,33)34)22-11-7-10-21(26)15-22/h5-7,9-12,15,18-19H,8,13-14,16-17H2,1-4H3,(H,28,32)/t19-/m1/s1. The molecule has 2 aromatic rings. The number of sulfonamides is 1. The van der Waals surface area contributed by atoms with Crippen molar-refractivity contribution in [2.45, 2.75) is 46.2 Å². The number of amides is 2. The Kier molecular flexibility index (Phi) is 10.5. The summed E-state index contributed by atoms with van der Waals surface area (Å²) in [5, 5.41) is 3.21. The first kappa shape index (κ1) is 28.6. The summed E-state index contributed by atoms with van der Waals surface area (Å²) < 4.78 is 40.2. The molecule has 0 fully saturated rings. The van der Waals surface area contributed by atoms with Gasteiger partial charge in [0.15, 0.2) is 0 Å². The number of nitrogens with zero attached hydrogens (tertiary/aromatic N) is 2. The third kappa shape index (κ3) is 8.81. The third-order valence-electron chi connectivity index (χ3n) is 5.40. The second kappa shape index (κ2) is 12.9. The van der Waals surface area contributed by atoms with E-state index >= 15 is 0 Å². The Labute approximate surface area is 212 Å². The topological polar surface area (TPSA) is 86.8 Å². The second-order valence-electron chi connectivity index (χ2n) is 8.85. The quantitative estimate of drug-likeness (QED) is 0.449. The van der Waals surface area contributed by atoms with Gasteiger partial charge in [-0.25, -0.2) is 12.8 Å². The van der Waals surface area contributed by atoms with Crippen molar-refractivity contribution in [3.8, 4) is 0 Å². The van der Waals surface area contributed by atoms with Crippen LogP contribution in [0.2, 0.25) is 5.02 Å². The molecule has 10 heteroatoms. The predicted octanol–water partition coefficient (Wildman–Crippen LogP) is 4.21. The van der Waals surface area contributed by atoms with E-state index in [0.29, 0.717) is 22.8 Å². The van der Waals surface area contributed by atoms with Gasteiger partial charge in [-0.3, -0.25) is 13.9 Å². The van der Waals surface area contributed by atoms with Gasteiger partial charge in [0, 0.05) is 36.6 Å². The van der Waals surface area contributed by atoms with Crippen molar-refractivity contribution < 1.29 is 22.4 Å². The van der Waals surface area contributed by atoms with Crippen LogP contribution in [0.3, 0.4) is 0 Å². The number of hydrogen-bond acceptors (Lipinski definition) is 4. The van der Waals surface area contributed by atoms with Crippen molar-refractivity contribution in [2.75, 3.05) is 23.7 Å². The molecule has 0 heterocycles. The second-order valence-corrected chi connectivity index (χ2v) is 11.2. The van der Waals surface area contributed by atoms with Gasteiger partial charge in [-0.2, -0.15) is 0 Å². The van der Waals surface area contributed by atoms with Crippen LogP contribution in [0, 0.1) is 11.7 Å². The molecule has 2 aromatic carbocycles. The van der Waals surface area contributed by atoms with Gasteiger partial charge >= 0.3 is 0 Å². The summed E-state index contributed by atoms with van der Waals surface area (Å²) in [6.07, 6.45) is 1.26. The highest BCUT2D eigenvalue weighted by atomic mass is 35.5. The molecule has 0 saturated carbocycles. The van der Waals surface area contributed by atoms with Crippen LogP contribution in [0.4, 0.5) is 10.1 Å². The molecule has 0 saturated heterocycles. The van der Waals surface area contributed by atoms with Crippen LogP contribution < -0.4 is 9.62 Å². The number of benzene rings is 2. The molecule has 0 aliphatic rings. The van der Waals surface area contributed by atoms with E-state index in [0.717, 1.165) is 6.26 Å². The molecule has 0 aliphatic carbocycles. The highest BCUT2D eigenvalue weighted by molar-refractivity contribution is 7.92. The number of anilines is 1. The fourth-order valence-corrected chi connectivity index (χ4v) is 4.62. The van der Waals surface area contributed by atoms with Crippen LogP contribution in [0.5, 0.6) is 0 Å². The van der Waals surface area contributed by atoms with Crippen LogP contribution in [-0.4, -0.2) is 50.5 Å². The van der Waals surface area contributed by atoms with Crippen LogP contribution >= 0.6 is 11.6 Å². The molecular weight excluding hydrogens is 493 g/mol. The van der Waals surface area contributed by atoms with Crippen molar-refractivity contribution in [3.05, 3.63) is 64.9 Å². The minimum absolute atomic E-state index is 0.0250. The molecule has 0 bridgehead atoms. The number of nitrogens with one attached hydrogen (secondary N) is 1. The summed E-state index contributed by atoms with van der Waals surface area (Å²) in [6.45, 7) is 5.94. The van der Waals surface area contributed by atoms with E-state index in [1.807, 2.05) is 13.8 Å². The lowest BCUT2D eigenvalue weighted by atomic mass is 10.1. The largest absolute Gasteiger partial charge is 0.354 e. The molecule has 0 aromatic heterocycles. The Morgan fingerprint density at radius 2 is 1.77 bits per heavy atom. The third-order valence-corrected chi connectivity index (χ3v) is 6.83. The van der Waals surface area contributed by atoms with Gasteiger partial charge in [0.1, 0.15) is 11.9 Å². The summed E-state index contributed by atoms with van der Waals surface area (Å²) in [4.78, 5) is 27.2. The fourth-order valence-electron chi connectivity index (χ4n) is 3.48. The first-order valence-electron chi connectivity index (χ1n) is 11.4. The van der Waals surface area contributed by atoms with Gasteiger partial charge < -0.3 is 10.2 Å². The zero-order valence-corrected chi connectivity index (χ0v) is 22.1. The average Bonchev–Trinajstić information content (AvgIpc) is 2.78. The van der Waals surface area contributed by atoms with E-state index in [-0.39, 0.29) is 43.7 Å². The maximum Gasteiger partial charge on any atom is 0.242 e. The molecule has 0 aliphatic heterocycles. The molecule has 0 unspecified atom stereocenters. The number of rotatable bonds is 12. The van der Waals surface area contributed by atoms with Gasteiger partial charge in [0.25, 0.3) is 0 Å². The predicted molar refractivity (Wildman–Crippen MR) is 137 cm³/mol. The monoisotopic (exact) mass is 525 g/mol. The normalized spacial score (nSPS) is 12.3. The number of carbonyl (C=O) groups is 2. The Hall–Kier alpha value is -2.65. The van der Waals surface area contributed by atoms with Gasteiger partial charge in [-0.15, -0.1) is 0 Å². The number of halogens is 2. The van der Waals surface area contributed by atoms with Crippen LogP contribution in [0.1, 0.15) is 39.2 Å². The summed E-state index contributed by atoms with van der Waals surface area (Å²) in [5.41, 5.74) is 0.693. The zero-order chi connectivity index (χ0) is 26.2.